The van der Waals surface area contributed by atoms with Crippen LogP contribution in [0.25, 0.3) is 0 Å². The van der Waals surface area contributed by atoms with Gasteiger partial charge in [-0.1, -0.05) is 28.1 Å². The van der Waals surface area contributed by atoms with Gasteiger partial charge < -0.3 is 19.9 Å². The molecule has 26 heavy (non-hydrogen) atoms. The van der Waals surface area contributed by atoms with Gasteiger partial charge >= 0.3 is 0 Å². The molecule has 0 fully saturated rings. The summed E-state index contributed by atoms with van der Waals surface area (Å²) in [6.45, 7) is 4.58. The van der Waals surface area contributed by atoms with E-state index in [0.717, 1.165) is 35.0 Å². The number of aliphatic hydroxyl groups excluding tert-OH is 1. The lowest BCUT2D eigenvalue weighted by Gasteiger charge is -2.15. The first-order valence-corrected chi connectivity index (χ1v) is 9.57. The summed E-state index contributed by atoms with van der Waals surface area (Å²) in [5.74, 6) is 1.07. The first-order chi connectivity index (χ1) is 12.6. The summed E-state index contributed by atoms with van der Waals surface area (Å²) in [6.07, 6.45) is 1.74. The van der Waals surface area contributed by atoms with Gasteiger partial charge in [0.15, 0.2) is 11.5 Å². The molecule has 0 aliphatic rings. The zero-order chi connectivity index (χ0) is 18.8. The molecule has 2 aromatic carbocycles. The Kier molecular flexibility index (Phi) is 8.88. The van der Waals surface area contributed by atoms with Crippen molar-refractivity contribution >= 4 is 15.9 Å². The summed E-state index contributed by atoms with van der Waals surface area (Å²) in [6, 6.07) is 10.1. The lowest BCUT2D eigenvalue weighted by Crippen LogP contribution is -2.15. The molecule has 2 aromatic rings. The van der Waals surface area contributed by atoms with Gasteiger partial charge in [0.1, 0.15) is 12.4 Å². The smallest absolute Gasteiger partial charge is 0.162 e. The fourth-order valence-electron chi connectivity index (χ4n) is 2.42. The van der Waals surface area contributed by atoms with E-state index in [1.54, 1.807) is 12.1 Å². The van der Waals surface area contributed by atoms with Crippen molar-refractivity contribution in [1.29, 1.82) is 0 Å². The minimum Gasteiger partial charge on any atom is -0.490 e. The normalized spacial score (nSPS) is 10.8. The molecule has 2 N–H and O–H groups in total. The Balaban J connectivity index is 2.03. The number of hydrogen-bond donors (Lipinski definition) is 2. The van der Waals surface area contributed by atoms with E-state index < -0.39 is 0 Å². The maximum absolute atomic E-state index is 13.0. The maximum atomic E-state index is 13.0. The molecule has 0 aliphatic heterocycles. The van der Waals surface area contributed by atoms with Gasteiger partial charge in [-0.2, -0.15) is 0 Å². The highest BCUT2D eigenvalue weighted by molar-refractivity contribution is 9.10. The second kappa shape index (κ2) is 11.2. The Morgan fingerprint density at radius 2 is 1.81 bits per heavy atom. The van der Waals surface area contributed by atoms with E-state index in [1.165, 1.54) is 12.1 Å². The molecule has 0 saturated carbocycles. The number of hydrogen-bond acceptors (Lipinski definition) is 4. The van der Waals surface area contributed by atoms with Crippen molar-refractivity contribution in [3.8, 4) is 11.5 Å². The number of benzene rings is 2. The number of aliphatic hydroxyl groups is 1. The van der Waals surface area contributed by atoms with Gasteiger partial charge in [-0.3, -0.25) is 0 Å². The third-order valence-electron chi connectivity index (χ3n) is 3.80. The number of ether oxygens (including phenoxy) is 2. The standard InChI is InChI=1S/C20H25BrFNO3/c1-2-25-19-11-16(13-23-9-3-4-10-24)18(21)12-20(19)26-14-15-5-7-17(22)8-6-15/h5-8,11-12,23-24H,2-4,9-10,13-14H2,1H3. The second-order valence-electron chi connectivity index (χ2n) is 5.85. The molecule has 0 spiro atoms. The van der Waals surface area contributed by atoms with Crippen LogP contribution in [-0.4, -0.2) is 24.9 Å². The number of unbranched alkanes of at least 4 members (excludes halogenated alkanes) is 1. The van der Waals surface area contributed by atoms with Crippen molar-refractivity contribution in [2.45, 2.75) is 32.9 Å². The molecule has 0 heterocycles. The molecule has 0 bridgehead atoms. The zero-order valence-electron chi connectivity index (χ0n) is 14.9. The molecule has 142 valence electrons. The highest BCUT2D eigenvalue weighted by Gasteiger charge is 2.11. The average molecular weight is 426 g/mol. The summed E-state index contributed by atoms with van der Waals surface area (Å²) in [4.78, 5) is 0. The summed E-state index contributed by atoms with van der Waals surface area (Å²) >= 11 is 3.59. The van der Waals surface area contributed by atoms with Crippen LogP contribution in [0.2, 0.25) is 0 Å². The predicted molar refractivity (Wildman–Crippen MR) is 104 cm³/mol. The van der Waals surface area contributed by atoms with Gasteiger partial charge in [-0.05, 0) is 61.7 Å². The zero-order valence-corrected chi connectivity index (χ0v) is 16.5. The van der Waals surface area contributed by atoms with E-state index in [4.69, 9.17) is 14.6 Å². The Bertz CT molecular complexity index is 680. The van der Waals surface area contributed by atoms with Crippen LogP contribution in [-0.2, 0) is 13.2 Å². The van der Waals surface area contributed by atoms with Gasteiger partial charge in [-0.15, -0.1) is 0 Å². The maximum Gasteiger partial charge on any atom is 0.162 e. The van der Waals surface area contributed by atoms with Crippen molar-refractivity contribution in [3.05, 3.63) is 57.8 Å². The Morgan fingerprint density at radius 3 is 2.50 bits per heavy atom. The molecule has 0 amide bonds. The molecule has 4 nitrogen and oxygen atoms in total. The van der Waals surface area contributed by atoms with Crippen LogP contribution in [0, 0.1) is 5.82 Å². The SMILES string of the molecule is CCOc1cc(CNCCCCO)c(Br)cc1OCc1ccc(F)cc1. The van der Waals surface area contributed by atoms with Gasteiger partial charge in [0.05, 0.1) is 6.61 Å². The van der Waals surface area contributed by atoms with Crippen molar-refractivity contribution in [2.75, 3.05) is 19.8 Å². The molecular formula is C20H25BrFNO3. The first kappa shape index (κ1) is 20.7. The minimum atomic E-state index is -0.262. The van der Waals surface area contributed by atoms with Crippen LogP contribution in [0.5, 0.6) is 11.5 Å². The van der Waals surface area contributed by atoms with E-state index in [0.29, 0.717) is 31.3 Å². The molecule has 0 saturated heterocycles. The Labute approximate surface area is 162 Å². The lowest BCUT2D eigenvalue weighted by molar-refractivity contribution is 0.268. The van der Waals surface area contributed by atoms with Crippen LogP contribution in [0.3, 0.4) is 0 Å². The van der Waals surface area contributed by atoms with E-state index >= 15 is 0 Å². The van der Waals surface area contributed by atoms with E-state index in [1.807, 2.05) is 19.1 Å². The third kappa shape index (κ3) is 6.59. The van der Waals surface area contributed by atoms with Gasteiger partial charge in [0, 0.05) is 17.6 Å². The molecule has 0 radical (unpaired) electrons. The lowest BCUT2D eigenvalue weighted by atomic mass is 10.2. The third-order valence-corrected chi connectivity index (χ3v) is 4.54. The van der Waals surface area contributed by atoms with Crippen LogP contribution in [0.1, 0.15) is 30.9 Å². The number of halogens is 2. The predicted octanol–water partition coefficient (Wildman–Crippen LogP) is 4.43. The summed E-state index contributed by atoms with van der Waals surface area (Å²) in [5.41, 5.74) is 1.96. The van der Waals surface area contributed by atoms with Crippen molar-refractivity contribution in [1.82, 2.24) is 5.32 Å². The second-order valence-corrected chi connectivity index (χ2v) is 6.70. The summed E-state index contributed by atoms with van der Waals surface area (Å²) < 4.78 is 25.5. The van der Waals surface area contributed by atoms with Crippen LogP contribution in [0.4, 0.5) is 4.39 Å². The number of rotatable bonds is 11. The van der Waals surface area contributed by atoms with E-state index in [2.05, 4.69) is 21.2 Å². The molecule has 2 rings (SSSR count). The van der Waals surface area contributed by atoms with Crippen molar-refractivity contribution in [3.63, 3.8) is 0 Å². The minimum absolute atomic E-state index is 0.222. The molecule has 0 unspecified atom stereocenters. The van der Waals surface area contributed by atoms with Crippen LogP contribution < -0.4 is 14.8 Å². The molecule has 0 atom stereocenters. The average Bonchev–Trinajstić information content (AvgIpc) is 2.64. The van der Waals surface area contributed by atoms with E-state index in [-0.39, 0.29) is 12.4 Å². The molecule has 0 aliphatic carbocycles. The van der Waals surface area contributed by atoms with Crippen LogP contribution >= 0.6 is 15.9 Å². The van der Waals surface area contributed by atoms with Crippen molar-refractivity contribution < 1.29 is 19.0 Å². The topological polar surface area (TPSA) is 50.7 Å². The summed E-state index contributed by atoms with van der Waals surface area (Å²) in [7, 11) is 0. The van der Waals surface area contributed by atoms with E-state index in [9.17, 15) is 4.39 Å². The largest absolute Gasteiger partial charge is 0.490 e. The Morgan fingerprint density at radius 1 is 1.08 bits per heavy atom. The van der Waals surface area contributed by atoms with Gasteiger partial charge in [0.25, 0.3) is 0 Å². The highest BCUT2D eigenvalue weighted by atomic mass is 79.9. The molecule has 0 aromatic heterocycles. The fraction of sp³-hybridized carbons (Fsp3) is 0.400. The highest BCUT2D eigenvalue weighted by Crippen LogP contribution is 2.34. The monoisotopic (exact) mass is 425 g/mol. The molecule has 6 heteroatoms. The molecular weight excluding hydrogens is 401 g/mol. The van der Waals surface area contributed by atoms with Crippen LogP contribution in [0.15, 0.2) is 40.9 Å². The number of nitrogens with one attached hydrogen (secondary N) is 1. The summed E-state index contributed by atoms with van der Waals surface area (Å²) in [5, 5.41) is 12.2. The Hall–Kier alpha value is -1.63. The van der Waals surface area contributed by atoms with Gasteiger partial charge in [-0.25, -0.2) is 4.39 Å². The fourth-order valence-corrected chi connectivity index (χ4v) is 2.88. The van der Waals surface area contributed by atoms with Crippen molar-refractivity contribution in [2.24, 2.45) is 0 Å². The first-order valence-electron chi connectivity index (χ1n) is 8.78. The van der Waals surface area contributed by atoms with Gasteiger partial charge in [0.2, 0.25) is 0 Å². The quantitative estimate of drug-likeness (QED) is 0.522.